The van der Waals surface area contributed by atoms with Gasteiger partial charge in [-0.2, -0.15) is 0 Å². The predicted molar refractivity (Wildman–Crippen MR) is 131 cm³/mol. The topological polar surface area (TPSA) is 79.5 Å². The third kappa shape index (κ3) is 7.05. The molecule has 1 unspecified atom stereocenters. The number of amides is 2. The lowest BCUT2D eigenvalue weighted by Gasteiger charge is -2.22. The number of ether oxygens (including phenoxy) is 1. The summed E-state index contributed by atoms with van der Waals surface area (Å²) in [6.07, 6.45) is 6.57. The molecule has 1 aliphatic carbocycles. The van der Waals surface area contributed by atoms with Crippen LogP contribution in [0.15, 0.2) is 48.5 Å². The Morgan fingerprint density at radius 1 is 1.03 bits per heavy atom. The minimum atomic E-state index is -0.330. The summed E-state index contributed by atoms with van der Waals surface area (Å²) in [5.74, 6) is 0.222. The molecule has 0 bridgehead atoms. The summed E-state index contributed by atoms with van der Waals surface area (Å²) < 4.78 is 5.78. The van der Waals surface area contributed by atoms with Crippen LogP contribution in [0.4, 0.5) is 5.69 Å². The SMILES string of the molecule is CCC(C)Oc1cccc(C(=O)NC(=S)Nc2cccc(C(=O)NC3CCCCC3)c2)c1. The number of carbonyl (C=O) groups excluding carboxylic acids is 2. The average Bonchev–Trinajstić information content (AvgIpc) is 2.80. The number of thiocarbonyl (C=S) groups is 1. The minimum Gasteiger partial charge on any atom is -0.491 e. The van der Waals surface area contributed by atoms with E-state index in [0.717, 1.165) is 32.1 Å². The molecular formula is C25H31N3O3S. The summed E-state index contributed by atoms with van der Waals surface area (Å²) in [6.45, 7) is 4.02. The van der Waals surface area contributed by atoms with Gasteiger partial charge in [0.05, 0.1) is 6.10 Å². The summed E-state index contributed by atoms with van der Waals surface area (Å²) in [4.78, 5) is 25.2. The van der Waals surface area contributed by atoms with Crippen molar-refractivity contribution in [2.24, 2.45) is 0 Å². The fourth-order valence-corrected chi connectivity index (χ4v) is 3.83. The maximum atomic E-state index is 12.6. The number of hydrogen-bond acceptors (Lipinski definition) is 4. The first-order valence-corrected chi connectivity index (χ1v) is 11.7. The number of nitrogens with one attached hydrogen (secondary N) is 3. The molecule has 2 aromatic carbocycles. The molecule has 7 heteroatoms. The Morgan fingerprint density at radius 3 is 2.44 bits per heavy atom. The highest BCUT2D eigenvalue weighted by molar-refractivity contribution is 7.80. The molecule has 32 heavy (non-hydrogen) atoms. The van der Waals surface area contributed by atoms with Crippen molar-refractivity contribution in [1.29, 1.82) is 0 Å². The Bertz CT molecular complexity index is 957. The van der Waals surface area contributed by atoms with Crippen LogP contribution in [0.5, 0.6) is 5.75 Å². The summed E-state index contributed by atoms with van der Waals surface area (Å²) in [7, 11) is 0. The van der Waals surface area contributed by atoms with Crippen molar-refractivity contribution in [3.05, 3.63) is 59.7 Å². The average molecular weight is 454 g/mol. The lowest BCUT2D eigenvalue weighted by molar-refractivity contribution is 0.0926. The number of anilines is 1. The monoisotopic (exact) mass is 453 g/mol. The van der Waals surface area contributed by atoms with E-state index >= 15 is 0 Å². The van der Waals surface area contributed by atoms with Crippen molar-refractivity contribution in [2.45, 2.75) is 64.5 Å². The Labute approximate surface area is 195 Å². The van der Waals surface area contributed by atoms with Gasteiger partial charge in [0, 0.05) is 22.9 Å². The molecule has 1 fully saturated rings. The van der Waals surface area contributed by atoms with Gasteiger partial charge in [-0.1, -0.05) is 38.3 Å². The molecule has 0 heterocycles. The van der Waals surface area contributed by atoms with Gasteiger partial charge in [0.1, 0.15) is 5.75 Å². The van der Waals surface area contributed by atoms with Crippen molar-refractivity contribution < 1.29 is 14.3 Å². The summed E-state index contributed by atoms with van der Waals surface area (Å²) in [5, 5.41) is 8.94. The van der Waals surface area contributed by atoms with E-state index in [0.29, 0.717) is 22.6 Å². The van der Waals surface area contributed by atoms with Crippen molar-refractivity contribution >= 4 is 34.8 Å². The lowest BCUT2D eigenvalue weighted by atomic mass is 9.95. The zero-order chi connectivity index (χ0) is 22.9. The lowest BCUT2D eigenvalue weighted by Crippen LogP contribution is -2.36. The van der Waals surface area contributed by atoms with Gasteiger partial charge in [-0.15, -0.1) is 0 Å². The highest BCUT2D eigenvalue weighted by Crippen LogP contribution is 2.19. The minimum absolute atomic E-state index is 0.0682. The molecule has 0 saturated heterocycles. The molecule has 0 aromatic heterocycles. The number of benzene rings is 2. The standard InChI is InChI=1S/C25H31N3O3S/c1-3-17(2)31-22-14-8-10-19(16-22)24(30)28-25(32)27-21-13-7-9-18(15-21)23(29)26-20-11-5-4-6-12-20/h7-10,13-17,20H,3-6,11-12H2,1-2H3,(H,26,29)(H2,27,28,30,32). The third-order valence-electron chi connectivity index (χ3n) is 5.56. The molecule has 6 nitrogen and oxygen atoms in total. The van der Waals surface area contributed by atoms with Crippen molar-refractivity contribution in [3.63, 3.8) is 0 Å². The van der Waals surface area contributed by atoms with E-state index in [4.69, 9.17) is 17.0 Å². The van der Waals surface area contributed by atoms with Gasteiger partial charge in [0.25, 0.3) is 11.8 Å². The Hall–Kier alpha value is -2.93. The Morgan fingerprint density at radius 2 is 1.72 bits per heavy atom. The second-order valence-electron chi connectivity index (χ2n) is 8.16. The predicted octanol–water partition coefficient (Wildman–Crippen LogP) is 5.05. The quantitative estimate of drug-likeness (QED) is 0.511. The molecule has 1 atom stereocenters. The fraction of sp³-hybridized carbons (Fsp3) is 0.400. The molecule has 3 N–H and O–H groups in total. The van der Waals surface area contributed by atoms with Crippen LogP contribution in [0.25, 0.3) is 0 Å². The third-order valence-corrected chi connectivity index (χ3v) is 5.76. The van der Waals surface area contributed by atoms with Crippen molar-refractivity contribution in [3.8, 4) is 5.75 Å². The first kappa shape index (κ1) is 23.7. The first-order valence-electron chi connectivity index (χ1n) is 11.2. The Kier molecular flexibility index (Phi) is 8.62. The van der Waals surface area contributed by atoms with Gasteiger partial charge in [-0.3, -0.25) is 14.9 Å². The molecule has 170 valence electrons. The van der Waals surface area contributed by atoms with E-state index in [2.05, 4.69) is 16.0 Å². The van der Waals surface area contributed by atoms with E-state index in [-0.39, 0.29) is 29.1 Å². The second kappa shape index (κ2) is 11.6. The number of rotatable bonds is 7. The zero-order valence-electron chi connectivity index (χ0n) is 18.6. The molecule has 0 spiro atoms. The highest BCUT2D eigenvalue weighted by atomic mass is 32.1. The van der Waals surface area contributed by atoms with Crippen molar-refractivity contribution in [1.82, 2.24) is 10.6 Å². The van der Waals surface area contributed by atoms with Crippen LogP contribution in [0.2, 0.25) is 0 Å². The first-order chi connectivity index (χ1) is 15.4. The molecule has 0 radical (unpaired) electrons. The van der Waals surface area contributed by atoms with Crippen LogP contribution in [-0.2, 0) is 0 Å². The van der Waals surface area contributed by atoms with E-state index < -0.39 is 0 Å². The van der Waals surface area contributed by atoms with E-state index in [1.165, 1.54) is 6.42 Å². The Balaban J connectivity index is 1.56. The number of carbonyl (C=O) groups is 2. The maximum absolute atomic E-state index is 12.6. The largest absolute Gasteiger partial charge is 0.491 e. The van der Waals surface area contributed by atoms with E-state index in [9.17, 15) is 9.59 Å². The van der Waals surface area contributed by atoms with Crippen LogP contribution < -0.4 is 20.7 Å². The number of hydrogen-bond donors (Lipinski definition) is 3. The molecule has 3 rings (SSSR count). The van der Waals surface area contributed by atoms with Crippen LogP contribution in [0, 0.1) is 0 Å². The summed E-state index contributed by atoms with van der Waals surface area (Å²) in [5.41, 5.74) is 1.65. The normalized spacial score (nSPS) is 14.8. The molecule has 0 aliphatic heterocycles. The molecule has 2 amide bonds. The zero-order valence-corrected chi connectivity index (χ0v) is 19.5. The molecule has 1 saturated carbocycles. The smallest absolute Gasteiger partial charge is 0.257 e. The molecule has 2 aromatic rings. The summed E-state index contributed by atoms with van der Waals surface area (Å²) in [6, 6.07) is 14.3. The van der Waals surface area contributed by atoms with Gasteiger partial charge in [-0.05, 0) is 74.8 Å². The molecule has 1 aliphatic rings. The molecular weight excluding hydrogens is 422 g/mol. The fourth-order valence-electron chi connectivity index (χ4n) is 3.62. The van der Waals surface area contributed by atoms with Gasteiger partial charge >= 0.3 is 0 Å². The van der Waals surface area contributed by atoms with Crippen molar-refractivity contribution in [2.75, 3.05) is 5.32 Å². The van der Waals surface area contributed by atoms with Crippen LogP contribution >= 0.6 is 12.2 Å². The van der Waals surface area contributed by atoms with E-state index in [1.807, 2.05) is 19.9 Å². The van der Waals surface area contributed by atoms with Gasteiger partial charge < -0.3 is 15.4 Å². The highest BCUT2D eigenvalue weighted by Gasteiger charge is 2.17. The van der Waals surface area contributed by atoms with E-state index in [1.54, 1.807) is 42.5 Å². The van der Waals surface area contributed by atoms with Crippen LogP contribution in [0.3, 0.4) is 0 Å². The van der Waals surface area contributed by atoms with Gasteiger partial charge in [0.15, 0.2) is 5.11 Å². The van der Waals surface area contributed by atoms with Gasteiger partial charge in [0.2, 0.25) is 0 Å². The maximum Gasteiger partial charge on any atom is 0.257 e. The second-order valence-corrected chi connectivity index (χ2v) is 8.57. The summed E-state index contributed by atoms with van der Waals surface area (Å²) >= 11 is 5.30. The van der Waals surface area contributed by atoms with Crippen LogP contribution in [0.1, 0.15) is 73.1 Å². The van der Waals surface area contributed by atoms with Gasteiger partial charge in [-0.25, -0.2) is 0 Å². The van der Waals surface area contributed by atoms with Crippen LogP contribution in [-0.4, -0.2) is 29.1 Å².